The van der Waals surface area contributed by atoms with E-state index in [9.17, 15) is 19.7 Å². The van der Waals surface area contributed by atoms with Gasteiger partial charge in [0.15, 0.2) is 0 Å². The van der Waals surface area contributed by atoms with Crippen LogP contribution in [0.2, 0.25) is 0 Å². The molecule has 0 aliphatic carbocycles. The van der Waals surface area contributed by atoms with Crippen LogP contribution in [0.3, 0.4) is 0 Å². The van der Waals surface area contributed by atoms with Crippen molar-refractivity contribution < 1.29 is 24.5 Å². The molecule has 0 saturated carbocycles. The van der Waals surface area contributed by atoms with Crippen LogP contribution in [0, 0.1) is 10.1 Å². The van der Waals surface area contributed by atoms with E-state index in [0.717, 1.165) is 5.48 Å². The minimum absolute atomic E-state index is 0.138. The summed E-state index contributed by atoms with van der Waals surface area (Å²) in [5.41, 5.74) is 1.31. The number of nitro benzene ring substituents is 1. The van der Waals surface area contributed by atoms with Gasteiger partial charge in [0.25, 0.3) is 5.69 Å². The summed E-state index contributed by atoms with van der Waals surface area (Å²) < 4.78 is 4.06. The molecule has 1 rings (SSSR count). The normalized spacial score (nSPS) is 9.39. The lowest BCUT2D eigenvalue weighted by Crippen LogP contribution is -2.27. The van der Waals surface area contributed by atoms with Crippen LogP contribution in [0.5, 0.6) is 0 Å². The van der Waals surface area contributed by atoms with Crippen molar-refractivity contribution in [1.82, 2.24) is 5.48 Å². The topological polar surface area (TPSA) is 131 Å². The molecule has 0 fully saturated rings. The number of carbonyl (C=O) groups excluding carboxylic acids is 2. The van der Waals surface area contributed by atoms with Crippen LogP contribution in [-0.4, -0.2) is 28.7 Å². The highest BCUT2D eigenvalue weighted by atomic mass is 16.6. The number of anilines is 1. The lowest BCUT2D eigenvalue weighted by atomic mass is 10.3. The van der Waals surface area contributed by atoms with Crippen molar-refractivity contribution in [3.05, 3.63) is 34.4 Å². The Labute approximate surface area is 100 Å². The van der Waals surface area contributed by atoms with E-state index in [0.29, 0.717) is 5.69 Å². The van der Waals surface area contributed by atoms with E-state index in [1.54, 1.807) is 0 Å². The third-order valence-corrected chi connectivity index (χ3v) is 1.79. The number of hydrogen-bond donors (Lipinski definition) is 3. The number of nitrogens with zero attached hydrogens (tertiary/aromatic N) is 1. The molecule has 9 heteroatoms. The second-order valence-corrected chi connectivity index (χ2v) is 3.03. The monoisotopic (exact) mass is 255 g/mol. The van der Waals surface area contributed by atoms with Crippen LogP contribution < -0.4 is 10.8 Å². The quantitative estimate of drug-likeness (QED) is 0.236. The highest BCUT2D eigenvalue weighted by molar-refractivity contribution is 5.86. The number of amides is 1. The number of rotatable bonds is 4. The van der Waals surface area contributed by atoms with Crippen molar-refractivity contribution in [2.24, 2.45) is 0 Å². The van der Waals surface area contributed by atoms with Crippen LogP contribution in [0.1, 0.15) is 0 Å². The Balaban J connectivity index is 2.53. The average Bonchev–Trinajstić information content (AvgIpc) is 2.36. The minimum Gasteiger partial charge on any atom is -0.375 e. The smallest absolute Gasteiger partial charge is 0.375 e. The Kier molecular flexibility index (Phi) is 4.58. The molecule has 1 amide bonds. The van der Waals surface area contributed by atoms with Gasteiger partial charge in [-0.3, -0.25) is 15.3 Å². The van der Waals surface area contributed by atoms with Gasteiger partial charge in [-0.15, -0.1) is 0 Å². The third-order valence-electron chi connectivity index (χ3n) is 1.79. The molecular formula is C9H9N3O6. The number of ether oxygens (including phenoxy) is 1. The zero-order valence-corrected chi connectivity index (χ0v) is 8.95. The molecule has 0 unspecified atom stereocenters. The van der Waals surface area contributed by atoms with Gasteiger partial charge in [-0.25, -0.2) is 15.1 Å². The van der Waals surface area contributed by atoms with Crippen molar-refractivity contribution in [3.8, 4) is 0 Å². The highest BCUT2D eigenvalue weighted by Gasteiger charge is 2.10. The fourth-order valence-electron chi connectivity index (χ4n) is 1.07. The van der Waals surface area contributed by atoms with Crippen LogP contribution in [0.15, 0.2) is 24.3 Å². The van der Waals surface area contributed by atoms with Gasteiger partial charge in [-0.1, -0.05) is 6.07 Å². The van der Waals surface area contributed by atoms with E-state index in [-0.39, 0.29) is 12.2 Å². The Morgan fingerprint density at radius 3 is 2.78 bits per heavy atom. The summed E-state index contributed by atoms with van der Waals surface area (Å²) in [6, 6.07) is 5.46. The zero-order chi connectivity index (χ0) is 13.5. The zero-order valence-electron chi connectivity index (χ0n) is 8.95. The maximum absolute atomic E-state index is 11.0. The van der Waals surface area contributed by atoms with Crippen LogP contribution >= 0.6 is 0 Å². The first kappa shape index (κ1) is 13.4. The summed E-state index contributed by atoms with van der Waals surface area (Å²) in [5, 5.41) is 21.1. The van der Waals surface area contributed by atoms with Crippen molar-refractivity contribution in [2.75, 3.05) is 11.9 Å². The number of benzene rings is 1. The van der Waals surface area contributed by atoms with E-state index in [2.05, 4.69) is 10.1 Å². The highest BCUT2D eigenvalue weighted by Crippen LogP contribution is 2.16. The number of non-ortho nitro benzene ring substituents is 1. The van der Waals surface area contributed by atoms with Gasteiger partial charge in [-0.05, 0) is 6.07 Å². The van der Waals surface area contributed by atoms with Gasteiger partial charge in [0.1, 0.15) is 6.54 Å². The third kappa shape index (κ3) is 4.06. The number of esters is 1. The number of hydrogen-bond acceptors (Lipinski definition) is 7. The summed E-state index contributed by atoms with van der Waals surface area (Å²) in [6.45, 7) is -0.380. The molecule has 18 heavy (non-hydrogen) atoms. The van der Waals surface area contributed by atoms with Gasteiger partial charge in [-0.2, -0.15) is 0 Å². The van der Waals surface area contributed by atoms with Crippen molar-refractivity contribution in [2.45, 2.75) is 0 Å². The summed E-state index contributed by atoms with van der Waals surface area (Å²) in [4.78, 5) is 31.4. The van der Waals surface area contributed by atoms with Gasteiger partial charge in [0, 0.05) is 17.8 Å². The van der Waals surface area contributed by atoms with E-state index < -0.39 is 17.0 Å². The van der Waals surface area contributed by atoms with Gasteiger partial charge < -0.3 is 10.1 Å². The predicted octanol–water partition coefficient (Wildman–Crippen LogP) is 0.649. The molecule has 0 saturated heterocycles. The Morgan fingerprint density at radius 2 is 2.17 bits per heavy atom. The molecule has 0 aliphatic rings. The molecule has 0 radical (unpaired) electrons. The summed E-state index contributed by atoms with van der Waals surface area (Å²) >= 11 is 0. The summed E-state index contributed by atoms with van der Waals surface area (Å²) in [5.74, 6) is -0.951. The fourth-order valence-corrected chi connectivity index (χ4v) is 1.07. The van der Waals surface area contributed by atoms with E-state index >= 15 is 0 Å². The van der Waals surface area contributed by atoms with Gasteiger partial charge in [0.05, 0.1) is 4.92 Å². The van der Waals surface area contributed by atoms with Gasteiger partial charge in [0.2, 0.25) is 0 Å². The summed E-state index contributed by atoms with van der Waals surface area (Å²) in [6.07, 6.45) is -1.30. The number of hydroxylamine groups is 1. The maximum Gasteiger partial charge on any atom is 0.438 e. The van der Waals surface area contributed by atoms with E-state index in [1.807, 2.05) is 0 Å². The van der Waals surface area contributed by atoms with E-state index in [4.69, 9.17) is 5.21 Å². The molecule has 3 N–H and O–H groups in total. The molecule has 0 aromatic heterocycles. The number of nitrogens with one attached hydrogen (secondary N) is 2. The number of nitro groups is 1. The molecule has 0 atom stereocenters. The van der Waals surface area contributed by atoms with Crippen molar-refractivity contribution in [3.63, 3.8) is 0 Å². The first-order chi connectivity index (χ1) is 8.52. The Morgan fingerprint density at radius 1 is 1.44 bits per heavy atom. The standard InChI is InChI=1S/C9H9N3O6/c13-8(18-9(14)11-15)5-10-6-2-1-3-7(4-6)12(16)17/h1-4,10,15H,5H2,(H,11,14). The largest absolute Gasteiger partial charge is 0.438 e. The second-order valence-electron chi connectivity index (χ2n) is 3.03. The maximum atomic E-state index is 11.0. The Bertz CT molecular complexity index is 475. The predicted molar refractivity (Wildman–Crippen MR) is 58.0 cm³/mol. The second kappa shape index (κ2) is 6.15. The molecule has 0 bridgehead atoms. The minimum atomic E-state index is -1.30. The van der Waals surface area contributed by atoms with Crippen LogP contribution in [0.25, 0.3) is 0 Å². The Hall–Kier alpha value is -2.68. The number of carbonyl (C=O) groups is 2. The lowest BCUT2D eigenvalue weighted by Gasteiger charge is -2.05. The average molecular weight is 255 g/mol. The summed E-state index contributed by atoms with van der Waals surface area (Å²) in [7, 11) is 0. The molecule has 1 aromatic carbocycles. The lowest BCUT2D eigenvalue weighted by molar-refractivity contribution is -0.384. The van der Waals surface area contributed by atoms with Gasteiger partial charge >= 0.3 is 12.1 Å². The first-order valence-corrected chi connectivity index (χ1v) is 4.66. The molecule has 0 heterocycles. The van der Waals surface area contributed by atoms with Crippen molar-refractivity contribution in [1.29, 1.82) is 0 Å². The fraction of sp³-hybridized carbons (Fsp3) is 0.111. The molecule has 96 valence electrons. The molecular weight excluding hydrogens is 246 g/mol. The van der Waals surface area contributed by atoms with E-state index in [1.165, 1.54) is 24.3 Å². The van der Waals surface area contributed by atoms with Crippen molar-refractivity contribution >= 4 is 23.4 Å². The van der Waals surface area contributed by atoms with Crippen LogP contribution in [0.4, 0.5) is 16.2 Å². The first-order valence-electron chi connectivity index (χ1n) is 4.66. The molecule has 9 nitrogen and oxygen atoms in total. The molecule has 1 aromatic rings. The van der Waals surface area contributed by atoms with Crippen LogP contribution in [-0.2, 0) is 9.53 Å². The molecule has 0 aliphatic heterocycles. The molecule has 0 spiro atoms. The SMILES string of the molecule is O=C(CNc1cccc([N+](=O)[O-])c1)OC(=O)NO.